The topological polar surface area (TPSA) is 39.2 Å². The van der Waals surface area contributed by atoms with E-state index in [0.717, 1.165) is 6.07 Å². The van der Waals surface area contributed by atoms with Gasteiger partial charge in [0.25, 0.3) is 0 Å². The van der Waals surface area contributed by atoms with Crippen LogP contribution in [0.25, 0.3) is 0 Å². The lowest BCUT2D eigenvalue weighted by Crippen LogP contribution is -2.07. The Morgan fingerprint density at radius 3 is 2.85 bits per heavy atom. The molecule has 0 saturated heterocycles. The number of aromatic nitrogens is 1. The highest BCUT2D eigenvalue weighted by Crippen LogP contribution is 2.19. The van der Waals surface area contributed by atoms with Gasteiger partial charge in [-0.25, -0.2) is 14.2 Å². The molecular formula is C8H7ClFNO2. The molecule has 0 N–H and O–H groups in total. The molecule has 0 fully saturated rings. The third-order valence-corrected chi connectivity index (χ3v) is 1.78. The van der Waals surface area contributed by atoms with Crippen molar-refractivity contribution in [1.82, 2.24) is 4.98 Å². The minimum absolute atomic E-state index is 0.193. The van der Waals surface area contributed by atoms with Crippen LogP contribution < -0.4 is 0 Å². The van der Waals surface area contributed by atoms with Gasteiger partial charge in [0.2, 0.25) is 0 Å². The van der Waals surface area contributed by atoms with Crippen molar-refractivity contribution in [3.8, 4) is 0 Å². The third-order valence-electron chi connectivity index (χ3n) is 1.42. The molecule has 0 amide bonds. The minimum atomic E-state index is -0.743. The van der Waals surface area contributed by atoms with Gasteiger partial charge in [0.05, 0.1) is 7.11 Å². The molecule has 70 valence electrons. The van der Waals surface area contributed by atoms with Crippen LogP contribution in [0.2, 0.25) is 5.02 Å². The van der Waals surface area contributed by atoms with Crippen LogP contribution in [0.15, 0.2) is 6.07 Å². The lowest BCUT2D eigenvalue weighted by atomic mass is 10.3. The van der Waals surface area contributed by atoms with Crippen LogP contribution in [0.3, 0.4) is 0 Å². The Morgan fingerprint density at radius 1 is 1.69 bits per heavy atom. The van der Waals surface area contributed by atoms with Crippen LogP contribution >= 0.6 is 11.6 Å². The molecule has 0 unspecified atom stereocenters. The number of halogens is 2. The fraction of sp³-hybridized carbons (Fsp3) is 0.250. The number of rotatable bonds is 1. The summed E-state index contributed by atoms with van der Waals surface area (Å²) in [4.78, 5) is 14.8. The van der Waals surface area contributed by atoms with Crippen molar-refractivity contribution >= 4 is 17.6 Å². The van der Waals surface area contributed by atoms with Crippen molar-refractivity contribution in [1.29, 1.82) is 0 Å². The molecule has 0 spiro atoms. The van der Waals surface area contributed by atoms with Gasteiger partial charge in [-0.2, -0.15) is 0 Å². The van der Waals surface area contributed by atoms with Gasteiger partial charge < -0.3 is 4.74 Å². The maximum absolute atomic E-state index is 13.0. The highest BCUT2D eigenvalue weighted by atomic mass is 35.5. The monoisotopic (exact) mass is 203 g/mol. The molecule has 0 saturated carbocycles. The van der Waals surface area contributed by atoms with E-state index >= 15 is 0 Å². The molecule has 0 aromatic carbocycles. The zero-order valence-corrected chi connectivity index (χ0v) is 7.85. The molecule has 13 heavy (non-hydrogen) atoms. The molecule has 1 heterocycles. The van der Waals surface area contributed by atoms with Crippen LogP contribution in [0.1, 0.15) is 16.2 Å². The second-order valence-corrected chi connectivity index (χ2v) is 2.78. The Labute approximate surface area is 79.5 Å². The van der Waals surface area contributed by atoms with Crippen molar-refractivity contribution in [3.63, 3.8) is 0 Å². The Hall–Kier alpha value is -1.16. The molecule has 0 aliphatic heterocycles. The molecule has 0 aliphatic rings. The number of nitrogens with zero attached hydrogens (tertiary/aromatic N) is 1. The van der Waals surface area contributed by atoms with Crippen LogP contribution in [-0.4, -0.2) is 18.1 Å². The summed E-state index contributed by atoms with van der Waals surface area (Å²) in [6.45, 7) is 1.56. The van der Waals surface area contributed by atoms with Crippen molar-refractivity contribution < 1.29 is 13.9 Å². The molecule has 0 aliphatic carbocycles. The minimum Gasteiger partial charge on any atom is -0.464 e. The van der Waals surface area contributed by atoms with E-state index in [-0.39, 0.29) is 10.7 Å². The van der Waals surface area contributed by atoms with Crippen LogP contribution in [0.5, 0.6) is 0 Å². The fourth-order valence-corrected chi connectivity index (χ4v) is 1.02. The zero-order chi connectivity index (χ0) is 10.0. The Kier molecular flexibility index (Phi) is 2.83. The average Bonchev–Trinajstić information content (AvgIpc) is 2.10. The third kappa shape index (κ3) is 1.95. The number of hydrogen-bond donors (Lipinski definition) is 0. The largest absolute Gasteiger partial charge is 0.464 e. The molecule has 5 heteroatoms. The molecule has 0 radical (unpaired) electrons. The highest BCUT2D eigenvalue weighted by molar-refractivity contribution is 6.33. The van der Waals surface area contributed by atoms with Crippen LogP contribution in [-0.2, 0) is 4.74 Å². The molecular weight excluding hydrogens is 197 g/mol. The summed E-state index contributed by atoms with van der Waals surface area (Å²) in [5.41, 5.74) is 0.184. The number of hydrogen-bond acceptors (Lipinski definition) is 3. The molecule has 1 rings (SSSR count). The predicted octanol–water partition coefficient (Wildman–Crippen LogP) is 1.97. The van der Waals surface area contributed by atoms with Crippen LogP contribution in [0, 0.1) is 12.7 Å². The summed E-state index contributed by atoms with van der Waals surface area (Å²) in [6.07, 6.45) is 0. The van der Waals surface area contributed by atoms with Gasteiger partial charge >= 0.3 is 5.97 Å². The SMILES string of the molecule is COC(=O)c1nc(C)cc(F)c1Cl. The molecule has 1 aromatic heterocycles. The van der Waals surface area contributed by atoms with Crippen LogP contribution in [0.4, 0.5) is 4.39 Å². The van der Waals surface area contributed by atoms with Gasteiger partial charge in [0, 0.05) is 5.69 Å². The number of pyridine rings is 1. The zero-order valence-electron chi connectivity index (χ0n) is 7.10. The van der Waals surface area contributed by atoms with E-state index in [1.54, 1.807) is 6.92 Å². The number of ether oxygens (including phenoxy) is 1. The quantitative estimate of drug-likeness (QED) is 0.655. The van der Waals surface area contributed by atoms with E-state index < -0.39 is 11.8 Å². The predicted molar refractivity (Wildman–Crippen MR) is 45.3 cm³/mol. The van der Waals surface area contributed by atoms with Gasteiger partial charge in [-0.3, -0.25) is 0 Å². The van der Waals surface area contributed by atoms with Crippen molar-refractivity contribution in [2.45, 2.75) is 6.92 Å². The van der Waals surface area contributed by atoms with E-state index in [1.165, 1.54) is 7.11 Å². The van der Waals surface area contributed by atoms with Gasteiger partial charge in [-0.1, -0.05) is 11.6 Å². The maximum atomic E-state index is 13.0. The van der Waals surface area contributed by atoms with Gasteiger partial charge in [-0.15, -0.1) is 0 Å². The average molecular weight is 204 g/mol. The van der Waals surface area contributed by atoms with E-state index in [2.05, 4.69) is 9.72 Å². The molecule has 0 bridgehead atoms. The summed E-state index contributed by atoms with van der Waals surface area (Å²) in [5.74, 6) is -1.41. The number of esters is 1. The number of aryl methyl sites for hydroxylation is 1. The highest BCUT2D eigenvalue weighted by Gasteiger charge is 2.16. The summed E-state index contributed by atoms with van der Waals surface area (Å²) < 4.78 is 17.3. The summed E-state index contributed by atoms with van der Waals surface area (Å²) >= 11 is 5.50. The van der Waals surface area contributed by atoms with E-state index in [9.17, 15) is 9.18 Å². The van der Waals surface area contributed by atoms with E-state index in [4.69, 9.17) is 11.6 Å². The lowest BCUT2D eigenvalue weighted by Gasteiger charge is -2.03. The first kappa shape index (κ1) is 9.92. The fourth-order valence-electron chi connectivity index (χ4n) is 0.850. The summed E-state index contributed by atoms with van der Waals surface area (Å²) in [5, 5.41) is -0.308. The Bertz CT molecular complexity index is 354. The van der Waals surface area contributed by atoms with Gasteiger partial charge in [-0.05, 0) is 13.0 Å². The molecule has 0 atom stereocenters. The second kappa shape index (κ2) is 3.70. The first-order chi connectivity index (χ1) is 6.06. The van der Waals surface area contributed by atoms with Gasteiger partial charge in [0.15, 0.2) is 5.69 Å². The lowest BCUT2D eigenvalue weighted by molar-refractivity contribution is 0.0593. The van der Waals surface area contributed by atoms with E-state index in [1.807, 2.05) is 0 Å². The Balaban J connectivity index is 3.28. The van der Waals surface area contributed by atoms with E-state index in [0.29, 0.717) is 5.69 Å². The molecule has 1 aromatic rings. The smallest absolute Gasteiger partial charge is 0.358 e. The number of carbonyl (C=O) groups excluding carboxylic acids is 1. The first-order valence-electron chi connectivity index (χ1n) is 3.47. The first-order valence-corrected chi connectivity index (χ1v) is 3.85. The van der Waals surface area contributed by atoms with Crippen molar-refractivity contribution in [2.24, 2.45) is 0 Å². The number of methoxy groups -OCH3 is 1. The number of carbonyl (C=O) groups is 1. The standard InChI is InChI=1S/C8H7ClFNO2/c1-4-3-5(10)6(9)7(11-4)8(12)13-2/h3H,1-2H3. The van der Waals surface area contributed by atoms with Crippen molar-refractivity contribution in [3.05, 3.63) is 28.3 Å². The second-order valence-electron chi connectivity index (χ2n) is 2.40. The maximum Gasteiger partial charge on any atom is 0.358 e. The normalized spacial score (nSPS) is 9.85. The summed E-state index contributed by atoms with van der Waals surface area (Å²) in [6, 6.07) is 1.15. The van der Waals surface area contributed by atoms with Crippen molar-refractivity contribution in [2.75, 3.05) is 7.11 Å². The Morgan fingerprint density at radius 2 is 2.31 bits per heavy atom. The van der Waals surface area contributed by atoms with Gasteiger partial charge in [0.1, 0.15) is 10.8 Å². The summed E-state index contributed by atoms with van der Waals surface area (Å²) in [7, 11) is 1.18. The molecule has 3 nitrogen and oxygen atoms in total.